The monoisotopic (exact) mass is 371 g/mol. The van der Waals surface area contributed by atoms with Crippen LogP contribution in [0.4, 0.5) is 0 Å². The smallest absolute Gasteiger partial charge is 0.324 e. The summed E-state index contributed by atoms with van der Waals surface area (Å²) in [6.07, 6.45) is -1.39. The van der Waals surface area contributed by atoms with Crippen LogP contribution in [0.25, 0.3) is 0 Å². The Morgan fingerprint density at radius 3 is 2.47 bits per heavy atom. The highest BCUT2D eigenvalue weighted by atomic mass is 79.9. The molecule has 0 aromatic heterocycles. The number of hydrogen-bond donors (Lipinski definition) is 3. The molecule has 0 spiro atoms. The Hall–Kier alpha value is -0.670. The molecule has 3 N–H and O–H groups in total. The molecule has 1 aromatic rings. The first-order chi connectivity index (χ1) is 8.65. The van der Waals surface area contributed by atoms with Crippen LogP contribution in [0.2, 0.25) is 5.02 Å². The van der Waals surface area contributed by atoms with Crippen molar-refractivity contribution >= 4 is 43.5 Å². The van der Waals surface area contributed by atoms with Gasteiger partial charge in [0.05, 0.1) is 11.1 Å². The second-order valence-corrected chi connectivity index (χ2v) is 6.76. The Kier molecular flexibility index (Phi) is 5.34. The predicted molar refractivity (Wildman–Crippen MR) is 72.6 cm³/mol. The summed E-state index contributed by atoms with van der Waals surface area (Å²) in [7, 11) is -4.14. The van der Waals surface area contributed by atoms with E-state index < -0.39 is 28.1 Å². The van der Waals surface area contributed by atoms with E-state index in [4.69, 9.17) is 16.7 Å². The number of halogens is 2. The maximum atomic E-state index is 12.0. The van der Waals surface area contributed by atoms with Crippen molar-refractivity contribution in [2.24, 2.45) is 0 Å². The Balaban J connectivity index is 3.14. The topological polar surface area (TPSA) is 104 Å². The van der Waals surface area contributed by atoms with Crippen LogP contribution in [-0.4, -0.2) is 36.7 Å². The van der Waals surface area contributed by atoms with Crippen molar-refractivity contribution in [2.75, 3.05) is 0 Å². The van der Waals surface area contributed by atoms with E-state index in [9.17, 15) is 18.3 Å². The number of aliphatic hydroxyl groups is 1. The fourth-order valence-corrected chi connectivity index (χ4v) is 3.58. The van der Waals surface area contributed by atoms with Gasteiger partial charge in [0.1, 0.15) is 10.9 Å². The molecule has 0 amide bonds. The number of rotatable bonds is 5. The van der Waals surface area contributed by atoms with E-state index in [1.807, 2.05) is 4.72 Å². The summed E-state index contributed by atoms with van der Waals surface area (Å²) in [5.74, 6) is -1.48. The summed E-state index contributed by atoms with van der Waals surface area (Å²) in [4.78, 5) is 10.6. The number of hydrogen-bond acceptors (Lipinski definition) is 4. The molecule has 9 heteroatoms. The van der Waals surface area contributed by atoms with Crippen LogP contribution < -0.4 is 4.72 Å². The molecule has 19 heavy (non-hydrogen) atoms. The van der Waals surface area contributed by atoms with E-state index in [1.54, 1.807) is 0 Å². The minimum Gasteiger partial charge on any atom is -0.480 e. The number of carboxylic acids is 1. The van der Waals surface area contributed by atoms with E-state index in [2.05, 4.69) is 15.9 Å². The molecule has 1 aromatic carbocycles. The van der Waals surface area contributed by atoms with Gasteiger partial charge in [-0.15, -0.1) is 0 Å². The Morgan fingerprint density at radius 2 is 2.05 bits per heavy atom. The van der Waals surface area contributed by atoms with Crippen LogP contribution >= 0.6 is 27.5 Å². The third-order valence-corrected chi connectivity index (χ3v) is 4.63. The summed E-state index contributed by atoms with van der Waals surface area (Å²) < 4.78 is 26.5. The fraction of sp³-hybridized carbons (Fsp3) is 0.300. The Morgan fingerprint density at radius 1 is 1.47 bits per heavy atom. The summed E-state index contributed by atoms with van der Waals surface area (Å²) in [6, 6.07) is 2.41. The van der Waals surface area contributed by atoms with Gasteiger partial charge >= 0.3 is 5.97 Å². The minimum absolute atomic E-state index is 0.0587. The largest absolute Gasteiger partial charge is 0.480 e. The van der Waals surface area contributed by atoms with Crippen molar-refractivity contribution in [1.29, 1.82) is 0 Å². The molecule has 0 aliphatic rings. The molecule has 6 nitrogen and oxygen atoms in total. The van der Waals surface area contributed by atoms with Crippen LogP contribution in [-0.2, 0) is 14.8 Å². The summed E-state index contributed by atoms with van der Waals surface area (Å²) >= 11 is 8.92. The zero-order valence-corrected chi connectivity index (χ0v) is 12.8. The molecule has 0 aliphatic heterocycles. The van der Waals surface area contributed by atoms with E-state index in [-0.39, 0.29) is 9.92 Å². The molecule has 2 unspecified atom stereocenters. The molecule has 1 rings (SSSR count). The van der Waals surface area contributed by atoms with E-state index in [0.29, 0.717) is 4.47 Å². The van der Waals surface area contributed by atoms with Crippen LogP contribution in [0.1, 0.15) is 6.92 Å². The lowest BCUT2D eigenvalue weighted by Crippen LogP contribution is -2.47. The molecule has 0 saturated heterocycles. The first-order valence-corrected chi connectivity index (χ1v) is 7.69. The van der Waals surface area contributed by atoms with Gasteiger partial charge in [0, 0.05) is 4.47 Å². The second-order valence-electron chi connectivity index (χ2n) is 3.75. The molecule has 0 radical (unpaired) electrons. The summed E-state index contributed by atoms with van der Waals surface area (Å²) in [5, 5.41) is 18.0. The van der Waals surface area contributed by atoms with E-state index in [0.717, 1.165) is 0 Å². The van der Waals surface area contributed by atoms with E-state index in [1.165, 1.54) is 25.1 Å². The highest BCUT2D eigenvalue weighted by Gasteiger charge is 2.30. The van der Waals surface area contributed by atoms with Crippen LogP contribution in [0.3, 0.4) is 0 Å². The number of benzene rings is 1. The highest BCUT2D eigenvalue weighted by Crippen LogP contribution is 2.25. The van der Waals surface area contributed by atoms with Gasteiger partial charge in [-0.05, 0) is 25.1 Å². The Bertz CT molecular complexity index is 590. The van der Waals surface area contributed by atoms with Crippen molar-refractivity contribution in [3.63, 3.8) is 0 Å². The summed E-state index contributed by atoms with van der Waals surface area (Å²) in [5.41, 5.74) is 0. The average molecular weight is 373 g/mol. The highest BCUT2D eigenvalue weighted by molar-refractivity contribution is 9.10. The van der Waals surface area contributed by atoms with Gasteiger partial charge in [0.25, 0.3) is 0 Å². The molecule has 0 aliphatic carbocycles. The molecule has 2 atom stereocenters. The Labute approximate surface area is 123 Å². The standard InChI is InChI=1S/C10H11BrClNO5S/c1-5(14)9(10(15)16)13-19(17,18)8-3-2-6(11)4-7(8)12/h2-5,9,13-14H,1H3,(H,15,16). The number of carbonyl (C=O) groups is 1. The lowest BCUT2D eigenvalue weighted by Gasteiger charge is -2.17. The van der Waals surface area contributed by atoms with Crippen LogP contribution in [0.5, 0.6) is 0 Å². The van der Waals surface area contributed by atoms with Gasteiger partial charge < -0.3 is 10.2 Å². The molecular weight excluding hydrogens is 362 g/mol. The first kappa shape index (κ1) is 16.4. The average Bonchev–Trinajstić information content (AvgIpc) is 2.24. The lowest BCUT2D eigenvalue weighted by molar-refractivity contribution is -0.141. The number of aliphatic carboxylic acids is 1. The third-order valence-electron chi connectivity index (χ3n) is 2.21. The molecule has 0 fully saturated rings. The van der Waals surface area contributed by atoms with Crippen molar-refractivity contribution < 1.29 is 23.4 Å². The van der Waals surface area contributed by atoms with Crippen molar-refractivity contribution in [3.05, 3.63) is 27.7 Å². The molecule has 0 bridgehead atoms. The van der Waals surface area contributed by atoms with Crippen molar-refractivity contribution in [2.45, 2.75) is 24.0 Å². The lowest BCUT2D eigenvalue weighted by atomic mass is 10.2. The molecular formula is C10H11BrClNO5S. The van der Waals surface area contributed by atoms with Gasteiger partial charge in [0.15, 0.2) is 0 Å². The van der Waals surface area contributed by atoms with Crippen molar-refractivity contribution in [3.8, 4) is 0 Å². The van der Waals surface area contributed by atoms with Crippen molar-refractivity contribution in [1.82, 2.24) is 4.72 Å². The van der Waals surface area contributed by atoms with E-state index >= 15 is 0 Å². The predicted octanol–water partition coefficient (Wildman–Crippen LogP) is 1.21. The number of carboxylic acid groups (broad SMARTS) is 1. The second kappa shape index (κ2) is 6.19. The van der Waals surface area contributed by atoms with Gasteiger partial charge in [-0.2, -0.15) is 4.72 Å². The van der Waals surface area contributed by atoms with Crippen LogP contribution in [0.15, 0.2) is 27.6 Å². The number of nitrogens with one attached hydrogen (secondary N) is 1. The van der Waals surface area contributed by atoms with Crippen LogP contribution in [0, 0.1) is 0 Å². The maximum Gasteiger partial charge on any atom is 0.324 e. The third kappa shape index (κ3) is 4.15. The normalized spacial score (nSPS) is 14.9. The molecule has 0 heterocycles. The first-order valence-electron chi connectivity index (χ1n) is 5.03. The summed E-state index contributed by atoms with van der Waals surface area (Å²) in [6.45, 7) is 1.17. The van der Waals surface area contributed by atoms with Gasteiger partial charge in [-0.1, -0.05) is 27.5 Å². The molecule has 106 valence electrons. The minimum atomic E-state index is -4.14. The van der Waals surface area contributed by atoms with Gasteiger partial charge in [-0.25, -0.2) is 8.42 Å². The molecule has 0 saturated carbocycles. The maximum absolute atomic E-state index is 12.0. The quantitative estimate of drug-likeness (QED) is 0.721. The van der Waals surface area contributed by atoms with Gasteiger partial charge in [0.2, 0.25) is 10.0 Å². The zero-order chi connectivity index (χ0) is 14.8. The van der Waals surface area contributed by atoms with Gasteiger partial charge in [-0.3, -0.25) is 4.79 Å². The number of aliphatic hydroxyl groups excluding tert-OH is 1. The zero-order valence-electron chi connectivity index (χ0n) is 9.67. The number of sulfonamides is 1. The SMILES string of the molecule is CC(O)C(NS(=O)(=O)c1ccc(Br)cc1Cl)C(=O)O. The fourth-order valence-electron chi connectivity index (χ4n) is 1.28.